The van der Waals surface area contributed by atoms with E-state index in [1.807, 2.05) is 26.0 Å². The highest BCUT2D eigenvalue weighted by Crippen LogP contribution is 2.30. The average Bonchev–Trinajstić information content (AvgIpc) is 2.80. The number of amides is 2. The summed E-state index contributed by atoms with van der Waals surface area (Å²) in [5, 5.41) is 10.7. The van der Waals surface area contributed by atoms with Crippen LogP contribution in [0.3, 0.4) is 0 Å². The number of carbonyl (C=O) groups is 2. The van der Waals surface area contributed by atoms with E-state index in [0.29, 0.717) is 12.1 Å². The van der Waals surface area contributed by atoms with Crippen molar-refractivity contribution in [3.63, 3.8) is 0 Å². The Morgan fingerprint density at radius 3 is 2.24 bits per heavy atom. The maximum absolute atomic E-state index is 12.7. The highest BCUT2D eigenvalue weighted by molar-refractivity contribution is 6.21. The van der Waals surface area contributed by atoms with Gasteiger partial charge < -0.3 is 0 Å². The number of nitro benzene ring substituents is 1. The normalized spacial score (nSPS) is 17.2. The van der Waals surface area contributed by atoms with Gasteiger partial charge in [0, 0.05) is 18.6 Å². The van der Waals surface area contributed by atoms with Crippen molar-refractivity contribution in [1.29, 1.82) is 0 Å². The molecular formula is C19H18N2O4. The zero-order valence-corrected chi connectivity index (χ0v) is 14.1. The molecule has 0 radical (unpaired) electrons. The van der Waals surface area contributed by atoms with E-state index in [2.05, 4.69) is 6.07 Å². The lowest BCUT2D eigenvalue weighted by Gasteiger charge is -2.15. The number of aryl methyl sites for hydroxylation is 2. The summed E-state index contributed by atoms with van der Waals surface area (Å²) in [6.45, 7) is 4.00. The fourth-order valence-electron chi connectivity index (χ4n) is 3.32. The van der Waals surface area contributed by atoms with E-state index in [-0.39, 0.29) is 23.9 Å². The summed E-state index contributed by atoms with van der Waals surface area (Å²) in [4.78, 5) is 36.3. The molecule has 0 N–H and O–H groups in total. The van der Waals surface area contributed by atoms with E-state index in [0.717, 1.165) is 21.6 Å². The molecule has 0 bridgehead atoms. The molecule has 0 saturated carbocycles. The second-order valence-corrected chi connectivity index (χ2v) is 6.44. The average molecular weight is 338 g/mol. The van der Waals surface area contributed by atoms with E-state index in [1.165, 1.54) is 24.3 Å². The predicted molar refractivity (Wildman–Crippen MR) is 93.3 cm³/mol. The van der Waals surface area contributed by atoms with Gasteiger partial charge in [-0.1, -0.05) is 29.3 Å². The first-order valence-corrected chi connectivity index (χ1v) is 8.03. The van der Waals surface area contributed by atoms with Crippen molar-refractivity contribution < 1.29 is 14.5 Å². The molecule has 0 spiro atoms. The molecule has 2 amide bonds. The number of rotatable bonds is 4. The summed E-state index contributed by atoms with van der Waals surface area (Å²) >= 11 is 0. The lowest BCUT2D eigenvalue weighted by molar-refractivity contribution is -0.384. The molecule has 6 heteroatoms. The van der Waals surface area contributed by atoms with Crippen LogP contribution in [0.5, 0.6) is 0 Å². The maximum atomic E-state index is 12.7. The van der Waals surface area contributed by atoms with E-state index in [9.17, 15) is 19.7 Å². The number of nitrogens with zero attached hydrogens (tertiary/aromatic N) is 2. The molecule has 0 aromatic heterocycles. The number of imide groups is 1. The van der Waals surface area contributed by atoms with E-state index >= 15 is 0 Å². The Balaban J connectivity index is 1.81. The van der Waals surface area contributed by atoms with Crippen LogP contribution in [0, 0.1) is 29.9 Å². The fraction of sp³-hybridized carbons (Fsp3) is 0.263. The minimum Gasteiger partial charge on any atom is -0.274 e. The zero-order chi connectivity index (χ0) is 18.1. The van der Waals surface area contributed by atoms with Crippen molar-refractivity contribution in [2.45, 2.75) is 26.7 Å². The Kier molecular flexibility index (Phi) is 4.35. The monoisotopic (exact) mass is 338 g/mol. The van der Waals surface area contributed by atoms with Gasteiger partial charge in [0.15, 0.2) is 0 Å². The van der Waals surface area contributed by atoms with Crippen LogP contribution in [-0.2, 0) is 16.0 Å². The Morgan fingerprint density at radius 2 is 1.68 bits per heavy atom. The van der Waals surface area contributed by atoms with Gasteiger partial charge in [0.2, 0.25) is 11.8 Å². The summed E-state index contributed by atoms with van der Waals surface area (Å²) in [5.41, 5.74) is 3.59. The van der Waals surface area contributed by atoms with Crippen LogP contribution >= 0.6 is 0 Å². The summed E-state index contributed by atoms with van der Waals surface area (Å²) in [6.07, 6.45) is 0.666. The number of hydrogen-bond acceptors (Lipinski definition) is 4. The van der Waals surface area contributed by atoms with Gasteiger partial charge in [-0.05, 0) is 38.0 Å². The Labute approximate surface area is 145 Å². The van der Waals surface area contributed by atoms with Crippen LogP contribution in [0.15, 0.2) is 42.5 Å². The molecule has 1 fully saturated rings. The Bertz CT molecular complexity index is 838. The molecule has 1 aliphatic heterocycles. The predicted octanol–water partition coefficient (Wildman–Crippen LogP) is 3.33. The molecule has 2 aromatic rings. The molecule has 2 aromatic carbocycles. The molecule has 6 nitrogen and oxygen atoms in total. The highest BCUT2D eigenvalue weighted by atomic mass is 16.6. The number of benzene rings is 2. The van der Waals surface area contributed by atoms with E-state index in [4.69, 9.17) is 0 Å². The maximum Gasteiger partial charge on any atom is 0.269 e. The van der Waals surface area contributed by atoms with Crippen molar-refractivity contribution in [2.24, 2.45) is 5.92 Å². The van der Waals surface area contributed by atoms with Crippen LogP contribution in [0.25, 0.3) is 0 Å². The first-order valence-electron chi connectivity index (χ1n) is 8.03. The van der Waals surface area contributed by atoms with Gasteiger partial charge in [-0.25, -0.2) is 0 Å². The molecule has 0 unspecified atom stereocenters. The largest absolute Gasteiger partial charge is 0.274 e. The molecule has 1 aliphatic rings. The van der Waals surface area contributed by atoms with Gasteiger partial charge >= 0.3 is 0 Å². The molecule has 0 aliphatic carbocycles. The minimum atomic E-state index is -0.514. The topological polar surface area (TPSA) is 80.5 Å². The SMILES string of the molecule is Cc1cc(C)cc(C[C@@H]2CC(=O)N(c3ccc([N+](=O)[O-])cc3)C2=O)c1. The van der Waals surface area contributed by atoms with Crippen LogP contribution in [0.1, 0.15) is 23.1 Å². The number of anilines is 1. The second kappa shape index (κ2) is 6.47. The summed E-state index contributed by atoms with van der Waals surface area (Å²) in [7, 11) is 0. The number of carbonyl (C=O) groups excluding carboxylic acids is 2. The Morgan fingerprint density at radius 1 is 1.08 bits per heavy atom. The van der Waals surface area contributed by atoms with Crippen LogP contribution in [-0.4, -0.2) is 16.7 Å². The number of hydrogen-bond donors (Lipinski definition) is 0. The number of non-ortho nitro benzene ring substituents is 1. The lowest BCUT2D eigenvalue weighted by atomic mass is 9.95. The van der Waals surface area contributed by atoms with Crippen molar-refractivity contribution in [1.82, 2.24) is 0 Å². The van der Waals surface area contributed by atoms with E-state index < -0.39 is 10.8 Å². The van der Waals surface area contributed by atoms with Gasteiger partial charge in [-0.15, -0.1) is 0 Å². The van der Waals surface area contributed by atoms with Gasteiger partial charge in [0.25, 0.3) is 5.69 Å². The molecule has 128 valence electrons. The van der Waals surface area contributed by atoms with E-state index in [1.54, 1.807) is 0 Å². The standard InChI is InChI=1S/C19H18N2O4/c1-12-7-13(2)9-14(8-12)10-15-11-18(22)20(19(15)23)16-3-5-17(6-4-16)21(24)25/h3-9,15H,10-11H2,1-2H3/t15-/m1/s1. The summed E-state index contributed by atoms with van der Waals surface area (Å²) in [6, 6.07) is 11.6. The van der Waals surface area contributed by atoms with Gasteiger partial charge in [0.05, 0.1) is 16.5 Å². The highest BCUT2D eigenvalue weighted by Gasteiger charge is 2.39. The molecule has 1 heterocycles. The molecular weight excluding hydrogens is 320 g/mol. The third-order valence-corrected chi connectivity index (χ3v) is 4.32. The smallest absolute Gasteiger partial charge is 0.269 e. The third-order valence-electron chi connectivity index (χ3n) is 4.32. The molecule has 3 rings (SSSR count). The first-order chi connectivity index (χ1) is 11.8. The summed E-state index contributed by atoms with van der Waals surface area (Å²) in [5.74, 6) is -0.921. The van der Waals surface area contributed by atoms with Gasteiger partial charge in [-0.2, -0.15) is 0 Å². The van der Waals surface area contributed by atoms with Crippen LogP contribution in [0.2, 0.25) is 0 Å². The van der Waals surface area contributed by atoms with Gasteiger partial charge in [0.1, 0.15) is 0 Å². The molecule has 25 heavy (non-hydrogen) atoms. The molecule has 1 saturated heterocycles. The van der Waals surface area contributed by atoms with Crippen LogP contribution < -0.4 is 4.90 Å². The minimum absolute atomic E-state index is 0.0744. The fourth-order valence-corrected chi connectivity index (χ4v) is 3.32. The second-order valence-electron chi connectivity index (χ2n) is 6.44. The first kappa shape index (κ1) is 16.8. The van der Waals surface area contributed by atoms with Crippen molar-refractivity contribution in [3.05, 3.63) is 69.3 Å². The lowest BCUT2D eigenvalue weighted by Crippen LogP contribution is -2.30. The Hall–Kier alpha value is -3.02. The van der Waals surface area contributed by atoms with Crippen LogP contribution in [0.4, 0.5) is 11.4 Å². The van der Waals surface area contributed by atoms with Crippen molar-refractivity contribution >= 4 is 23.2 Å². The third kappa shape index (κ3) is 3.42. The quantitative estimate of drug-likeness (QED) is 0.486. The zero-order valence-electron chi connectivity index (χ0n) is 14.1. The van der Waals surface area contributed by atoms with Crippen molar-refractivity contribution in [2.75, 3.05) is 4.90 Å². The number of nitro groups is 1. The summed E-state index contributed by atoms with van der Waals surface area (Å²) < 4.78 is 0. The van der Waals surface area contributed by atoms with Crippen molar-refractivity contribution in [3.8, 4) is 0 Å². The van der Waals surface area contributed by atoms with Gasteiger partial charge in [-0.3, -0.25) is 24.6 Å². The molecule has 1 atom stereocenters.